The number of anilines is 2. The molecule has 2 aliphatic rings. The van der Waals surface area contributed by atoms with Gasteiger partial charge in [0, 0.05) is 49.7 Å². The van der Waals surface area contributed by atoms with Crippen LogP contribution in [0.5, 0.6) is 0 Å². The number of ether oxygens (including phenoxy) is 1. The molecule has 2 fully saturated rings. The molecule has 0 unspecified atom stereocenters. The summed E-state index contributed by atoms with van der Waals surface area (Å²) in [6.07, 6.45) is -2.76. The number of hydrogen-bond acceptors (Lipinski definition) is 4. The molecule has 4 rings (SSSR count). The molecule has 0 saturated carbocycles. The number of morpholine rings is 1. The lowest BCUT2D eigenvalue weighted by atomic mass is 9.98. The molecule has 0 radical (unpaired) electrons. The van der Waals surface area contributed by atoms with Crippen LogP contribution >= 0.6 is 0 Å². The van der Waals surface area contributed by atoms with Gasteiger partial charge in [-0.1, -0.05) is 19.1 Å². The van der Waals surface area contributed by atoms with E-state index in [0.717, 1.165) is 57.3 Å². The van der Waals surface area contributed by atoms with Gasteiger partial charge in [0.05, 0.1) is 18.8 Å². The van der Waals surface area contributed by atoms with Gasteiger partial charge in [0.2, 0.25) is 0 Å². The summed E-state index contributed by atoms with van der Waals surface area (Å²) in [6, 6.07) is 11.2. The van der Waals surface area contributed by atoms with E-state index in [1.54, 1.807) is 23.1 Å². The second-order valence-corrected chi connectivity index (χ2v) is 8.94. The van der Waals surface area contributed by atoms with Crippen molar-refractivity contribution in [1.29, 1.82) is 0 Å². The maximum absolute atomic E-state index is 13.8. The highest BCUT2D eigenvalue weighted by Crippen LogP contribution is 2.39. The van der Waals surface area contributed by atoms with Crippen LogP contribution in [-0.2, 0) is 17.5 Å². The van der Waals surface area contributed by atoms with Crippen molar-refractivity contribution in [2.45, 2.75) is 32.5 Å². The van der Waals surface area contributed by atoms with Gasteiger partial charge < -0.3 is 15.0 Å². The van der Waals surface area contributed by atoms with Crippen LogP contribution in [0.15, 0.2) is 42.5 Å². The van der Waals surface area contributed by atoms with E-state index in [0.29, 0.717) is 24.6 Å². The Labute approximate surface area is 192 Å². The average molecular weight is 462 g/mol. The Bertz CT molecular complexity index is 948. The number of piperidine rings is 1. The summed E-state index contributed by atoms with van der Waals surface area (Å²) >= 11 is 0. The minimum Gasteiger partial charge on any atom is -0.379 e. The summed E-state index contributed by atoms with van der Waals surface area (Å²) in [6.45, 7) is 7.28. The first kappa shape index (κ1) is 23.6. The Morgan fingerprint density at radius 1 is 1.03 bits per heavy atom. The van der Waals surface area contributed by atoms with Crippen LogP contribution in [0.1, 0.15) is 41.3 Å². The third-order valence-electron chi connectivity index (χ3n) is 6.41. The number of carbonyl (C=O) groups is 1. The van der Waals surface area contributed by atoms with E-state index < -0.39 is 17.6 Å². The van der Waals surface area contributed by atoms with Crippen molar-refractivity contribution in [2.75, 3.05) is 49.6 Å². The highest BCUT2D eigenvalue weighted by molar-refractivity contribution is 6.04. The number of nitrogens with one attached hydrogen (secondary N) is 1. The molecule has 5 nitrogen and oxygen atoms in total. The monoisotopic (exact) mass is 461 g/mol. The fourth-order valence-electron chi connectivity index (χ4n) is 4.35. The van der Waals surface area contributed by atoms with Gasteiger partial charge in [-0.2, -0.15) is 13.2 Å². The molecule has 8 heteroatoms. The van der Waals surface area contributed by atoms with Gasteiger partial charge in [0.1, 0.15) is 0 Å². The molecule has 1 amide bonds. The topological polar surface area (TPSA) is 44.8 Å². The predicted octanol–water partition coefficient (Wildman–Crippen LogP) is 5.03. The molecule has 0 aromatic heterocycles. The Morgan fingerprint density at radius 2 is 1.70 bits per heavy atom. The Balaban J connectivity index is 1.45. The van der Waals surface area contributed by atoms with Gasteiger partial charge in [-0.3, -0.25) is 9.69 Å². The largest absolute Gasteiger partial charge is 0.418 e. The van der Waals surface area contributed by atoms with E-state index in [4.69, 9.17) is 4.74 Å². The molecule has 33 heavy (non-hydrogen) atoms. The smallest absolute Gasteiger partial charge is 0.379 e. The fourth-order valence-corrected chi connectivity index (χ4v) is 4.35. The van der Waals surface area contributed by atoms with Crippen LogP contribution in [0.4, 0.5) is 24.5 Å². The minimum absolute atomic E-state index is 0.138. The van der Waals surface area contributed by atoms with E-state index >= 15 is 0 Å². The normalized spacial score (nSPS) is 18.4. The number of carbonyl (C=O) groups excluding carboxylic acids is 1. The molecule has 0 aliphatic carbocycles. The Hall–Kier alpha value is -2.58. The molecule has 1 N–H and O–H groups in total. The maximum Gasteiger partial charge on any atom is 0.418 e. The average Bonchev–Trinajstić information content (AvgIpc) is 2.80. The van der Waals surface area contributed by atoms with Crippen molar-refractivity contribution in [3.05, 3.63) is 59.2 Å². The summed E-state index contributed by atoms with van der Waals surface area (Å²) in [4.78, 5) is 16.7. The number of rotatable bonds is 5. The quantitative estimate of drug-likeness (QED) is 0.679. The third kappa shape index (κ3) is 6.06. The molecular formula is C25H30F3N3O2. The second kappa shape index (κ2) is 10.1. The molecule has 2 aromatic rings. The van der Waals surface area contributed by atoms with Crippen LogP contribution in [0.2, 0.25) is 0 Å². The Morgan fingerprint density at radius 3 is 2.33 bits per heavy atom. The molecule has 0 atom stereocenters. The number of amides is 1. The van der Waals surface area contributed by atoms with E-state index in [9.17, 15) is 18.0 Å². The van der Waals surface area contributed by atoms with Crippen molar-refractivity contribution >= 4 is 17.3 Å². The zero-order valence-corrected chi connectivity index (χ0v) is 18.8. The van der Waals surface area contributed by atoms with Crippen molar-refractivity contribution in [1.82, 2.24) is 4.90 Å². The van der Waals surface area contributed by atoms with Crippen LogP contribution in [0.25, 0.3) is 0 Å². The number of halogens is 3. The predicted molar refractivity (Wildman–Crippen MR) is 123 cm³/mol. The number of benzene rings is 2. The molecule has 0 spiro atoms. The van der Waals surface area contributed by atoms with Crippen LogP contribution in [0.3, 0.4) is 0 Å². The SMILES string of the molecule is CC1CCN(c2ccc(NC(=O)c3ccc(CN4CCOCC4)cc3)cc2C(F)(F)F)CC1. The second-order valence-electron chi connectivity index (χ2n) is 8.94. The standard InChI is InChI=1S/C25H30F3N3O2/c1-18-8-10-31(11-9-18)23-7-6-21(16-22(23)25(26,27)28)29-24(32)20-4-2-19(3-5-20)17-30-12-14-33-15-13-30/h2-7,16,18H,8-15,17H2,1H3,(H,29,32). The van der Waals surface area contributed by atoms with Crippen molar-refractivity contribution < 1.29 is 22.7 Å². The van der Waals surface area contributed by atoms with Gasteiger partial charge in [0.15, 0.2) is 0 Å². The van der Waals surface area contributed by atoms with Crippen molar-refractivity contribution in [2.24, 2.45) is 5.92 Å². The summed E-state index contributed by atoms with van der Waals surface area (Å²) < 4.78 is 46.8. The maximum atomic E-state index is 13.8. The lowest BCUT2D eigenvalue weighted by Crippen LogP contribution is -2.35. The molecule has 2 aliphatic heterocycles. The van der Waals surface area contributed by atoms with Gasteiger partial charge in [-0.25, -0.2) is 0 Å². The zero-order chi connectivity index (χ0) is 23.4. The molecule has 2 saturated heterocycles. The van der Waals surface area contributed by atoms with Crippen LogP contribution < -0.4 is 10.2 Å². The summed E-state index contributed by atoms with van der Waals surface area (Å²) in [7, 11) is 0. The first-order valence-corrected chi connectivity index (χ1v) is 11.5. The molecule has 2 aromatic carbocycles. The van der Waals surface area contributed by atoms with E-state index in [2.05, 4.69) is 17.1 Å². The first-order chi connectivity index (χ1) is 15.8. The summed E-state index contributed by atoms with van der Waals surface area (Å²) in [5.41, 5.74) is 1.09. The molecule has 0 bridgehead atoms. The van der Waals surface area contributed by atoms with E-state index in [1.165, 1.54) is 6.07 Å². The van der Waals surface area contributed by atoms with E-state index in [-0.39, 0.29) is 11.4 Å². The summed E-state index contributed by atoms with van der Waals surface area (Å²) in [5, 5.41) is 2.62. The molecule has 2 heterocycles. The number of hydrogen-bond donors (Lipinski definition) is 1. The minimum atomic E-state index is -4.50. The third-order valence-corrected chi connectivity index (χ3v) is 6.41. The number of nitrogens with zero attached hydrogens (tertiary/aromatic N) is 2. The summed E-state index contributed by atoms with van der Waals surface area (Å²) in [5.74, 6) is 0.0926. The van der Waals surface area contributed by atoms with Gasteiger partial charge >= 0.3 is 6.18 Å². The fraction of sp³-hybridized carbons (Fsp3) is 0.480. The van der Waals surface area contributed by atoms with Gasteiger partial charge in [-0.05, 0) is 54.7 Å². The first-order valence-electron chi connectivity index (χ1n) is 11.5. The van der Waals surface area contributed by atoms with Crippen molar-refractivity contribution in [3.8, 4) is 0 Å². The van der Waals surface area contributed by atoms with Crippen LogP contribution in [-0.4, -0.2) is 50.2 Å². The zero-order valence-electron chi connectivity index (χ0n) is 18.8. The number of alkyl halides is 3. The Kier molecular flexibility index (Phi) is 7.24. The van der Waals surface area contributed by atoms with Gasteiger partial charge in [0.25, 0.3) is 5.91 Å². The highest BCUT2D eigenvalue weighted by atomic mass is 19.4. The van der Waals surface area contributed by atoms with Gasteiger partial charge in [-0.15, -0.1) is 0 Å². The lowest BCUT2D eigenvalue weighted by Gasteiger charge is -2.34. The van der Waals surface area contributed by atoms with Crippen molar-refractivity contribution in [3.63, 3.8) is 0 Å². The highest BCUT2D eigenvalue weighted by Gasteiger charge is 2.36. The molecular weight excluding hydrogens is 431 g/mol. The molecule has 178 valence electrons. The van der Waals surface area contributed by atoms with Crippen LogP contribution in [0, 0.1) is 5.92 Å². The van der Waals surface area contributed by atoms with E-state index in [1.807, 2.05) is 12.1 Å². The lowest BCUT2D eigenvalue weighted by molar-refractivity contribution is -0.137.